The van der Waals surface area contributed by atoms with Gasteiger partial charge in [0, 0.05) is 12.6 Å². The summed E-state index contributed by atoms with van der Waals surface area (Å²) in [4.78, 5) is 0. The lowest BCUT2D eigenvalue weighted by Crippen LogP contribution is -2.31. The molecule has 0 aromatic heterocycles. The van der Waals surface area contributed by atoms with E-state index in [9.17, 15) is 0 Å². The van der Waals surface area contributed by atoms with Crippen LogP contribution in [-0.4, -0.2) is 33.9 Å². The van der Waals surface area contributed by atoms with Crippen molar-refractivity contribution in [3.05, 3.63) is 17.7 Å². The van der Waals surface area contributed by atoms with Crippen molar-refractivity contribution in [1.29, 1.82) is 0 Å². The van der Waals surface area contributed by atoms with Gasteiger partial charge in [-0.25, -0.2) is 0 Å². The largest absolute Gasteiger partial charge is 0.493 e. The molecule has 0 aliphatic heterocycles. The van der Waals surface area contributed by atoms with Gasteiger partial charge in [0.15, 0.2) is 11.5 Å². The molecule has 1 aliphatic rings. The SMILES string of the molecule is COc1cc(CNCC2CCC(N)CC2)cc(OC)c1OC. The fraction of sp³-hybridized carbons (Fsp3) is 0.647. The Balaban J connectivity index is 1.92. The number of rotatable bonds is 7. The fourth-order valence-electron chi connectivity index (χ4n) is 3.05. The minimum Gasteiger partial charge on any atom is -0.493 e. The van der Waals surface area contributed by atoms with Crippen molar-refractivity contribution in [2.45, 2.75) is 38.3 Å². The number of benzene rings is 1. The first-order chi connectivity index (χ1) is 10.7. The highest BCUT2D eigenvalue weighted by Crippen LogP contribution is 2.38. The number of nitrogens with two attached hydrogens (primary N) is 1. The summed E-state index contributed by atoms with van der Waals surface area (Å²) in [5, 5.41) is 3.53. The molecule has 124 valence electrons. The van der Waals surface area contributed by atoms with Crippen LogP contribution in [0.3, 0.4) is 0 Å². The normalized spacial score (nSPS) is 21.5. The summed E-state index contributed by atoms with van der Waals surface area (Å²) in [6.07, 6.45) is 4.75. The number of ether oxygens (including phenoxy) is 3. The highest BCUT2D eigenvalue weighted by molar-refractivity contribution is 5.53. The van der Waals surface area contributed by atoms with Gasteiger partial charge in [-0.3, -0.25) is 0 Å². The second-order valence-electron chi connectivity index (χ2n) is 5.95. The molecule has 2 rings (SSSR count). The third-order valence-electron chi connectivity index (χ3n) is 4.38. The van der Waals surface area contributed by atoms with Crippen LogP contribution in [0.4, 0.5) is 0 Å². The maximum atomic E-state index is 5.95. The predicted octanol–water partition coefficient (Wildman–Crippen LogP) is 2.32. The van der Waals surface area contributed by atoms with E-state index in [0.29, 0.717) is 23.3 Å². The van der Waals surface area contributed by atoms with Crippen LogP contribution >= 0.6 is 0 Å². The Labute approximate surface area is 133 Å². The number of nitrogens with one attached hydrogen (secondary N) is 1. The molecule has 1 aliphatic carbocycles. The summed E-state index contributed by atoms with van der Waals surface area (Å²) in [7, 11) is 4.89. The molecule has 1 aromatic rings. The molecular formula is C17H28N2O3. The smallest absolute Gasteiger partial charge is 0.203 e. The molecule has 0 heterocycles. The van der Waals surface area contributed by atoms with Gasteiger partial charge in [0.05, 0.1) is 21.3 Å². The summed E-state index contributed by atoms with van der Waals surface area (Å²) in [6.45, 7) is 1.82. The Kier molecular flexibility index (Phi) is 6.34. The number of hydrogen-bond acceptors (Lipinski definition) is 5. The van der Waals surface area contributed by atoms with E-state index in [1.54, 1.807) is 21.3 Å². The van der Waals surface area contributed by atoms with Crippen LogP contribution in [0.5, 0.6) is 17.2 Å². The summed E-state index contributed by atoms with van der Waals surface area (Å²) < 4.78 is 16.1. The van der Waals surface area contributed by atoms with E-state index < -0.39 is 0 Å². The van der Waals surface area contributed by atoms with Crippen molar-refractivity contribution in [3.63, 3.8) is 0 Å². The zero-order chi connectivity index (χ0) is 15.9. The molecule has 5 nitrogen and oxygen atoms in total. The third-order valence-corrected chi connectivity index (χ3v) is 4.38. The van der Waals surface area contributed by atoms with Crippen LogP contribution in [0.25, 0.3) is 0 Å². The van der Waals surface area contributed by atoms with E-state index >= 15 is 0 Å². The van der Waals surface area contributed by atoms with Gasteiger partial charge < -0.3 is 25.3 Å². The Morgan fingerprint density at radius 2 is 1.59 bits per heavy atom. The lowest BCUT2D eigenvalue weighted by molar-refractivity contribution is 0.313. The van der Waals surface area contributed by atoms with Gasteiger partial charge in [-0.2, -0.15) is 0 Å². The van der Waals surface area contributed by atoms with Crippen molar-refractivity contribution in [2.75, 3.05) is 27.9 Å². The van der Waals surface area contributed by atoms with Gasteiger partial charge in [-0.1, -0.05) is 0 Å². The highest BCUT2D eigenvalue weighted by Gasteiger charge is 2.18. The zero-order valence-electron chi connectivity index (χ0n) is 13.9. The van der Waals surface area contributed by atoms with Crippen LogP contribution in [0.1, 0.15) is 31.2 Å². The minimum atomic E-state index is 0.409. The first kappa shape index (κ1) is 16.9. The summed E-state index contributed by atoms with van der Waals surface area (Å²) >= 11 is 0. The second kappa shape index (κ2) is 8.25. The van der Waals surface area contributed by atoms with E-state index in [1.165, 1.54) is 12.8 Å². The maximum absolute atomic E-state index is 5.95. The van der Waals surface area contributed by atoms with E-state index in [2.05, 4.69) is 5.32 Å². The van der Waals surface area contributed by atoms with Crippen LogP contribution in [0.15, 0.2) is 12.1 Å². The van der Waals surface area contributed by atoms with Crippen molar-refractivity contribution in [1.82, 2.24) is 5.32 Å². The molecule has 0 bridgehead atoms. The van der Waals surface area contributed by atoms with Crippen LogP contribution in [0, 0.1) is 5.92 Å². The Morgan fingerprint density at radius 1 is 1.00 bits per heavy atom. The monoisotopic (exact) mass is 308 g/mol. The predicted molar refractivity (Wildman–Crippen MR) is 87.7 cm³/mol. The van der Waals surface area contributed by atoms with Gasteiger partial charge in [-0.15, -0.1) is 0 Å². The van der Waals surface area contributed by atoms with Crippen LogP contribution < -0.4 is 25.3 Å². The topological polar surface area (TPSA) is 65.7 Å². The maximum Gasteiger partial charge on any atom is 0.203 e. The van der Waals surface area contributed by atoms with Crippen molar-refractivity contribution < 1.29 is 14.2 Å². The fourth-order valence-corrected chi connectivity index (χ4v) is 3.05. The number of methoxy groups -OCH3 is 3. The number of hydrogen-bond donors (Lipinski definition) is 2. The minimum absolute atomic E-state index is 0.409. The van der Waals surface area contributed by atoms with E-state index in [4.69, 9.17) is 19.9 Å². The van der Waals surface area contributed by atoms with Gasteiger partial charge in [0.1, 0.15) is 0 Å². The quantitative estimate of drug-likeness (QED) is 0.809. The van der Waals surface area contributed by atoms with Crippen LogP contribution in [-0.2, 0) is 6.54 Å². The molecule has 5 heteroatoms. The van der Waals surface area contributed by atoms with Gasteiger partial charge in [0.25, 0.3) is 0 Å². The van der Waals surface area contributed by atoms with Crippen molar-refractivity contribution in [3.8, 4) is 17.2 Å². The molecular weight excluding hydrogens is 280 g/mol. The van der Waals surface area contributed by atoms with Crippen molar-refractivity contribution >= 4 is 0 Å². The van der Waals surface area contributed by atoms with E-state index in [0.717, 1.165) is 37.4 Å². The Bertz CT molecular complexity index is 446. The molecule has 0 unspecified atom stereocenters. The summed E-state index contributed by atoms with van der Waals surface area (Å²) in [5.41, 5.74) is 7.07. The first-order valence-corrected chi connectivity index (χ1v) is 7.93. The Hall–Kier alpha value is -1.46. The summed E-state index contributed by atoms with van der Waals surface area (Å²) in [5.74, 6) is 2.77. The highest BCUT2D eigenvalue weighted by atomic mass is 16.5. The van der Waals surface area contributed by atoms with Gasteiger partial charge in [-0.05, 0) is 55.8 Å². The molecule has 0 saturated heterocycles. The lowest BCUT2D eigenvalue weighted by Gasteiger charge is -2.26. The average Bonchev–Trinajstić information content (AvgIpc) is 2.55. The molecule has 1 saturated carbocycles. The molecule has 0 spiro atoms. The molecule has 0 radical (unpaired) electrons. The van der Waals surface area contributed by atoms with E-state index in [-0.39, 0.29) is 0 Å². The van der Waals surface area contributed by atoms with E-state index in [1.807, 2.05) is 12.1 Å². The first-order valence-electron chi connectivity index (χ1n) is 7.93. The summed E-state index contributed by atoms with van der Waals surface area (Å²) in [6, 6.07) is 4.39. The third kappa shape index (κ3) is 4.27. The van der Waals surface area contributed by atoms with Crippen molar-refractivity contribution in [2.24, 2.45) is 11.7 Å². The molecule has 0 atom stereocenters. The Morgan fingerprint density at radius 3 is 2.09 bits per heavy atom. The van der Waals surface area contributed by atoms with Crippen LogP contribution in [0.2, 0.25) is 0 Å². The molecule has 1 fully saturated rings. The standard InChI is InChI=1S/C17H28N2O3/c1-20-15-8-13(9-16(21-2)17(15)22-3)11-19-10-12-4-6-14(18)7-5-12/h8-9,12,14,19H,4-7,10-11,18H2,1-3H3. The lowest BCUT2D eigenvalue weighted by atomic mass is 9.86. The molecule has 3 N–H and O–H groups in total. The zero-order valence-corrected chi connectivity index (χ0v) is 13.9. The molecule has 0 amide bonds. The molecule has 1 aromatic carbocycles. The van der Waals surface area contributed by atoms with Gasteiger partial charge in [0.2, 0.25) is 5.75 Å². The van der Waals surface area contributed by atoms with Gasteiger partial charge >= 0.3 is 0 Å². The molecule has 22 heavy (non-hydrogen) atoms. The average molecular weight is 308 g/mol. The second-order valence-corrected chi connectivity index (χ2v) is 5.95.